The molecule has 0 aromatic carbocycles. The van der Waals surface area contributed by atoms with E-state index in [-0.39, 0.29) is 11.5 Å². The molecule has 2 N–H and O–H groups in total. The summed E-state index contributed by atoms with van der Waals surface area (Å²) in [6.45, 7) is 4.20. The Balaban J connectivity index is 1.84. The summed E-state index contributed by atoms with van der Waals surface area (Å²) >= 11 is 1.25. The number of aromatic hydroxyl groups is 1. The van der Waals surface area contributed by atoms with Gasteiger partial charge in [0.2, 0.25) is 0 Å². The number of nitrogens with zero attached hydrogens (tertiary/aromatic N) is 2. The Bertz CT molecular complexity index is 1160. The van der Waals surface area contributed by atoms with E-state index in [1.165, 1.54) is 38.1 Å². The summed E-state index contributed by atoms with van der Waals surface area (Å²) in [5, 5.41) is 13.2. The third-order valence-electron chi connectivity index (χ3n) is 5.54. The van der Waals surface area contributed by atoms with E-state index in [0.717, 1.165) is 0 Å². The number of rotatable bonds is 8. The van der Waals surface area contributed by atoms with Crippen LogP contribution >= 0.6 is 11.8 Å². The molecule has 1 aliphatic heterocycles. The van der Waals surface area contributed by atoms with E-state index in [1.807, 2.05) is 0 Å². The van der Waals surface area contributed by atoms with Gasteiger partial charge in [-0.2, -0.15) is 0 Å². The van der Waals surface area contributed by atoms with Gasteiger partial charge in [-0.05, 0) is 19.1 Å². The number of methoxy groups -OCH3 is 1. The number of cyclic esters (lactones) is 2. The fourth-order valence-electron chi connectivity index (χ4n) is 3.45. The lowest BCUT2D eigenvalue weighted by atomic mass is 10.00. The lowest BCUT2D eigenvalue weighted by Crippen LogP contribution is -2.47. The summed E-state index contributed by atoms with van der Waals surface area (Å²) in [5.74, 6) is -5.09. The lowest BCUT2D eigenvalue weighted by Gasteiger charge is -2.29. The molecule has 1 aliphatic rings. The minimum Gasteiger partial charge on any atom is -0.503 e. The third-order valence-corrected chi connectivity index (χ3v) is 6.60. The van der Waals surface area contributed by atoms with Gasteiger partial charge < -0.3 is 29.4 Å². The number of hydrogen-bond acceptors (Lipinski definition) is 12. The maximum atomic E-state index is 13.2. The van der Waals surface area contributed by atoms with Crippen molar-refractivity contribution in [2.45, 2.75) is 44.0 Å². The number of carbonyl (C=O) groups is 4. The van der Waals surface area contributed by atoms with Gasteiger partial charge in [0.25, 0.3) is 5.91 Å². The van der Waals surface area contributed by atoms with E-state index >= 15 is 0 Å². The monoisotopic (exact) mass is 547 g/mol. The molecule has 0 saturated carbocycles. The largest absolute Gasteiger partial charge is 0.503 e. The van der Waals surface area contributed by atoms with Crippen LogP contribution in [0.25, 0.3) is 0 Å². The number of hydrogen-bond donors (Lipinski definition) is 2. The number of nitrogens with one attached hydrogen (secondary N) is 1. The first-order valence-electron chi connectivity index (χ1n) is 11.8. The fourth-order valence-corrected chi connectivity index (χ4v) is 4.43. The molecule has 13 heteroatoms. The second kappa shape index (κ2) is 13.1. The van der Waals surface area contributed by atoms with Crippen LogP contribution < -0.4 is 10.1 Å². The number of aromatic nitrogens is 2. The quantitative estimate of drug-likeness (QED) is 0.280. The predicted octanol–water partition coefficient (Wildman–Crippen LogP) is 1.75. The standard InChI is InChI=1S/C25H29N3O9S/c1-13(2)23(31)37-21-14(3)36-25(33)16(28-22(30)19-20(29)17(34-4)8-10-27-19)11-35-24(32)15(21)12-38-18-7-5-6-9-26-18/h5-10,13-16,21,29H,11-12H2,1-4H3,(H,28,30). The number of pyridine rings is 2. The summed E-state index contributed by atoms with van der Waals surface area (Å²) in [5.41, 5.74) is -0.398. The normalized spacial score (nSPS) is 21.8. The van der Waals surface area contributed by atoms with E-state index in [1.54, 1.807) is 38.2 Å². The summed E-state index contributed by atoms with van der Waals surface area (Å²) in [6.07, 6.45) is 0.630. The van der Waals surface area contributed by atoms with Crippen LogP contribution in [0.2, 0.25) is 0 Å². The highest BCUT2D eigenvalue weighted by molar-refractivity contribution is 7.99. The molecular weight excluding hydrogens is 518 g/mol. The maximum Gasteiger partial charge on any atom is 0.332 e. The molecule has 0 spiro atoms. The molecule has 1 amide bonds. The Hall–Kier alpha value is -3.87. The fraction of sp³-hybridized carbons (Fsp3) is 0.440. The second-order valence-corrected chi connectivity index (χ2v) is 9.69. The molecule has 1 saturated heterocycles. The highest BCUT2D eigenvalue weighted by atomic mass is 32.2. The van der Waals surface area contributed by atoms with Gasteiger partial charge in [-0.25, -0.2) is 14.8 Å². The summed E-state index contributed by atoms with van der Waals surface area (Å²) in [7, 11) is 1.30. The summed E-state index contributed by atoms with van der Waals surface area (Å²) < 4.78 is 21.5. The van der Waals surface area contributed by atoms with Crippen molar-refractivity contribution in [2.75, 3.05) is 19.5 Å². The van der Waals surface area contributed by atoms with Crippen molar-refractivity contribution in [1.29, 1.82) is 0 Å². The molecule has 4 atom stereocenters. The van der Waals surface area contributed by atoms with Crippen LogP contribution in [0.1, 0.15) is 31.3 Å². The van der Waals surface area contributed by atoms with Gasteiger partial charge in [-0.3, -0.25) is 14.4 Å². The first-order chi connectivity index (χ1) is 18.1. The number of esters is 3. The highest BCUT2D eigenvalue weighted by Gasteiger charge is 2.42. The smallest absolute Gasteiger partial charge is 0.332 e. The van der Waals surface area contributed by atoms with Crippen molar-refractivity contribution < 1.29 is 43.2 Å². The molecule has 2 aromatic heterocycles. The number of carbonyl (C=O) groups excluding carboxylic acids is 4. The average molecular weight is 548 g/mol. The van der Waals surface area contributed by atoms with Crippen molar-refractivity contribution >= 4 is 35.6 Å². The van der Waals surface area contributed by atoms with Gasteiger partial charge in [0.1, 0.15) is 18.6 Å². The SMILES string of the molecule is COc1ccnc(C(=O)NC2COC(=O)C(CSc3ccccn3)C(OC(=O)C(C)C)C(C)OC2=O)c1O. The van der Waals surface area contributed by atoms with Crippen LogP contribution in [0.4, 0.5) is 0 Å². The number of ether oxygens (including phenoxy) is 4. The molecule has 0 bridgehead atoms. The van der Waals surface area contributed by atoms with E-state index < -0.39 is 72.0 Å². The van der Waals surface area contributed by atoms with E-state index in [0.29, 0.717) is 5.03 Å². The van der Waals surface area contributed by atoms with Gasteiger partial charge in [0, 0.05) is 24.2 Å². The van der Waals surface area contributed by atoms with Crippen LogP contribution in [0.3, 0.4) is 0 Å². The van der Waals surface area contributed by atoms with Crippen molar-refractivity contribution in [3.63, 3.8) is 0 Å². The van der Waals surface area contributed by atoms with Gasteiger partial charge >= 0.3 is 17.9 Å². The Morgan fingerprint density at radius 3 is 2.61 bits per heavy atom. The molecule has 3 rings (SSSR count). The minimum atomic E-state index is -1.43. The first kappa shape index (κ1) is 28.7. The van der Waals surface area contributed by atoms with E-state index in [9.17, 15) is 24.3 Å². The van der Waals surface area contributed by atoms with Crippen LogP contribution in [0, 0.1) is 11.8 Å². The van der Waals surface area contributed by atoms with Crippen molar-refractivity contribution in [2.24, 2.45) is 11.8 Å². The van der Waals surface area contributed by atoms with Crippen molar-refractivity contribution in [3.05, 3.63) is 42.4 Å². The van der Waals surface area contributed by atoms with Gasteiger partial charge in [0.05, 0.1) is 18.1 Å². The zero-order valence-electron chi connectivity index (χ0n) is 21.3. The number of amides is 1. The molecule has 204 valence electrons. The van der Waals surface area contributed by atoms with Crippen LogP contribution in [-0.2, 0) is 28.6 Å². The summed E-state index contributed by atoms with van der Waals surface area (Å²) in [6, 6.07) is 5.23. The first-order valence-corrected chi connectivity index (χ1v) is 12.7. The molecule has 38 heavy (non-hydrogen) atoms. The lowest BCUT2D eigenvalue weighted by molar-refractivity contribution is -0.175. The van der Waals surface area contributed by atoms with Crippen LogP contribution in [-0.4, -0.2) is 76.6 Å². The van der Waals surface area contributed by atoms with Gasteiger partial charge in [-0.1, -0.05) is 19.9 Å². The molecule has 2 aromatic rings. The number of thioether (sulfide) groups is 1. The predicted molar refractivity (Wildman–Crippen MR) is 133 cm³/mol. The molecule has 0 radical (unpaired) electrons. The molecule has 1 fully saturated rings. The maximum absolute atomic E-state index is 13.2. The Kier molecular flexibility index (Phi) is 9.88. The Morgan fingerprint density at radius 1 is 1.18 bits per heavy atom. The molecular formula is C25H29N3O9S. The topological polar surface area (TPSA) is 163 Å². The molecule has 0 aliphatic carbocycles. The minimum absolute atomic E-state index is 0.00491. The second-order valence-electron chi connectivity index (χ2n) is 8.65. The molecule has 4 unspecified atom stereocenters. The zero-order valence-corrected chi connectivity index (χ0v) is 22.1. The Morgan fingerprint density at radius 2 is 1.95 bits per heavy atom. The van der Waals surface area contributed by atoms with Gasteiger partial charge in [-0.15, -0.1) is 11.8 Å². The van der Waals surface area contributed by atoms with Crippen molar-refractivity contribution in [1.82, 2.24) is 15.3 Å². The highest BCUT2D eigenvalue weighted by Crippen LogP contribution is 2.29. The van der Waals surface area contributed by atoms with Crippen molar-refractivity contribution in [3.8, 4) is 11.5 Å². The van der Waals surface area contributed by atoms with E-state index in [2.05, 4.69) is 15.3 Å². The molecule has 12 nitrogen and oxygen atoms in total. The van der Waals surface area contributed by atoms with E-state index in [4.69, 9.17) is 18.9 Å². The molecule has 3 heterocycles. The van der Waals surface area contributed by atoms with Gasteiger partial charge in [0.15, 0.2) is 29.3 Å². The average Bonchev–Trinajstić information content (AvgIpc) is 2.93. The summed E-state index contributed by atoms with van der Waals surface area (Å²) in [4.78, 5) is 59.5. The third kappa shape index (κ3) is 7.12. The zero-order chi connectivity index (χ0) is 27.8. The van der Waals surface area contributed by atoms with Crippen LogP contribution in [0.15, 0.2) is 41.7 Å². The Labute approximate surface area is 223 Å². The van der Waals surface area contributed by atoms with Crippen LogP contribution in [0.5, 0.6) is 11.5 Å².